The van der Waals surface area contributed by atoms with E-state index < -0.39 is 5.76 Å². The first-order valence-corrected chi connectivity index (χ1v) is 8.91. The number of carbonyl (C=O) groups is 1. The lowest BCUT2D eigenvalue weighted by Gasteiger charge is -2.30. The van der Waals surface area contributed by atoms with Crippen molar-refractivity contribution in [3.63, 3.8) is 0 Å². The molecule has 3 heterocycles. The minimum Gasteiger partial charge on any atom is -0.486 e. The fourth-order valence-electron chi connectivity index (χ4n) is 3.44. The Morgan fingerprint density at radius 2 is 1.96 bits per heavy atom. The maximum atomic E-state index is 12.5. The van der Waals surface area contributed by atoms with E-state index in [1.54, 1.807) is 0 Å². The van der Waals surface area contributed by atoms with Gasteiger partial charge in [0, 0.05) is 25.4 Å². The van der Waals surface area contributed by atoms with Gasteiger partial charge in [-0.3, -0.25) is 4.79 Å². The number of aryl methyl sites for hydroxylation is 1. The number of amides is 1. The number of piperidine rings is 1. The smallest absolute Gasteiger partial charge is 0.434 e. The molecule has 1 aromatic heterocycles. The average Bonchev–Trinajstić information content (AvgIpc) is 3.12. The number of carbonyl (C=O) groups excluding carboxylic acids is 1. The minimum absolute atomic E-state index is 0.0933. The van der Waals surface area contributed by atoms with Gasteiger partial charge in [0.25, 0.3) is 0 Å². The van der Waals surface area contributed by atoms with Crippen molar-refractivity contribution in [1.29, 1.82) is 0 Å². The van der Waals surface area contributed by atoms with Gasteiger partial charge < -0.3 is 18.8 Å². The van der Waals surface area contributed by atoms with Gasteiger partial charge in [0.2, 0.25) is 11.8 Å². The lowest BCUT2D eigenvalue weighted by molar-refractivity contribution is -0.132. The summed E-state index contributed by atoms with van der Waals surface area (Å²) in [6.07, 6.45) is 2.64. The second-order valence-electron chi connectivity index (χ2n) is 6.58. The number of benzene rings is 1. The van der Waals surface area contributed by atoms with Gasteiger partial charge in [0.1, 0.15) is 13.2 Å². The Hall–Kier alpha value is -2.77. The van der Waals surface area contributed by atoms with E-state index in [9.17, 15) is 9.59 Å². The third kappa shape index (κ3) is 3.58. The lowest BCUT2D eigenvalue weighted by Crippen LogP contribution is -2.38. The Morgan fingerprint density at radius 3 is 2.69 bits per heavy atom. The molecular formula is C18H21N3O5. The van der Waals surface area contributed by atoms with Gasteiger partial charge >= 0.3 is 5.76 Å². The van der Waals surface area contributed by atoms with E-state index in [1.165, 1.54) is 0 Å². The van der Waals surface area contributed by atoms with E-state index in [0.717, 1.165) is 29.9 Å². The molecule has 0 atom stereocenters. The Labute approximate surface area is 150 Å². The van der Waals surface area contributed by atoms with Gasteiger partial charge in [-0.2, -0.15) is 0 Å². The van der Waals surface area contributed by atoms with Gasteiger partial charge in [-0.25, -0.2) is 9.89 Å². The number of nitrogens with zero attached hydrogens (tertiary/aromatic N) is 2. The first-order valence-electron chi connectivity index (χ1n) is 8.91. The number of hydrogen-bond acceptors (Lipinski definition) is 6. The second-order valence-corrected chi connectivity index (χ2v) is 6.58. The third-order valence-corrected chi connectivity index (χ3v) is 4.89. The molecule has 138 valence electrons. The molecule has 1 fully saturated rings. The van der Waals surface area contributed by atoms with E-state index in [0.29, 0.717) is 45.0 Å². The van der Waals surface area contributed by atoms with Crippen LogP contribution in [0.3, 0.4) is 0 Å². The maximum absolute atomic E-state index is 12.5. The molecule has 1 aromatic carbocycles. The van der Waals surface area contributed by atoms with Crippen LogP contribution < -0.4 is 15.2 Å². The van der Waals surface area contributed by atoms with Crippen molar-refractivity contribution in [3.8, 4) is 11.5 Å². The van der Waals surface area contributed by atoms with Crippen LogP contribution in [0.5, 0.6) is 11.5 Å². The summed E-state index contributed by atoms with van der Waals surface area (Å²) in [5, 5.41) is 6.18. The van der Waals surface area contributed by atoms with E-state index >= 15 is 0 Å². The van der Waals surface area contributed by atoms with E-state index in [-0.39, 0.29) is 11.8 Å². The second kappa shape index (κ2) is 7.23. The maximum Gasteiger partial charge on any atom is 0.434 e. The summed E-state index contributed by atoms with van der Waals surface area (Å²) in [5.41, 5.74) is 1.07. The van der Waals surface area contributed by atoms with E-state index in [4.69, 9.17) is 13.9 Å². The molecule has 0 spiro atoms. The summed E-state index contributed by atoms with van der Waals surface area (Å²) in [5.74, 6) is 1.66. The number of likely N-dealkylation sites (tertiary alicyclic amines) is 1. The molecular weight excluding hydrogens is 338 g/mol. The summed E-state index contributed by atoms with van der Waals surface area (Å²) in [7, 11) is 0. The predicted molar refractivity (Wildman–Crippen MR) is 91.4 cm³/mol. The molecule has 0 radical (unpaired) electrons. The molecule has 2 aliphatic heterocycles. The van der Waals surface area contributed by atoms with Gasteiger partial charge in [0.15, 0.2) is 11.5 Å². The molecule has 1 amide bonds. The van der Waals surface area contributed by atoms with Crippen molar-refractivity contribution in [1.82, 2.24) is 15.1 Å². The van der Waals surface area contributed by atoms with Crippen molar-refractivity contribution in [2.24, 2.45) is 0 Å². The number of aromatic amines is 1. The van der Waals surface area contributed by atoms with Crippen LogP contribution in [0, 0.1) is 0 Å². The molecule has 2 aromatic rings. The summed E-state index contributed by atoms with van der Waals surface area (Å²) >= 11 is 0. The Bertz CT molecular complexity index is 835. The SMILES string of the molecule is O=C(CCc1ccc2c(c1)OCCO2)N1CCC(c2n[nH]c(=O)o2)CC1. The average molecular weight is 359 g/mol. The summed E-state index contributed by atoms with van der Waals surface area (Å²) in [4.78, 5) is 25.4. The molecule has 0 aliphatic carbocycles. The van der Waals surface area contributed by atoms with Crippen molar-refractivity contribution >= 4 is 5.91 Å². The molecule has 2 aliphatic rings. The number of nitrogens with one attached hydrogen (secondary N) is 1. The number of rotatable bonds is 4. The topological polar surface area (TPSA) is 97.7 Å². The Kier molecular flexibility index (Phi) is 4.64. The van der Waals surface area contributed by atoms with E-state index in [2.05, 4.69) is 10.2 Å². The Morgan fingerprint density at radius 1 is 1.19 bits per heavy atom. The summed E-state index contributed by atoms with van der Waals surface area (Å²) < 4.78 is 16.1. The molecule has 4 rings (SSSR count). The van der Waals surface area contributed by atoms with Crippen LogP contribution in [-0.2, 0) is 11.2 Å². The van der Waals surface area contributed by atoms with Crippen LogP contribution >= 0.6 is 0 Å². The first-order chi connectivity index (χ1) is 12.7. The fraction of sp³-hybridized carbons (Fsp3) is 0.500. The third-order valence-electron chi connectivity index (χ3n) is 4.89. The molecule has 8 heteroatoms. The van der Waals surface area contributed by atoms with Crippen LogP contribution in [0.25, 0.3) is 0 Å². The molecule has 0 bridgehead atoms. The largest absolute Gasteiger partial charge is 0.486 e. The van der Waals surface area contributed by atoms with Crippen LogP contribution in [0.2, 0.25) is 0 Å². The molecule has 1 saturated heterocycles. The van der Waals surface area contributed by atoms with E-state index in [1.807, 2.05) is 23.1 Å². The zero-order valence-electron chi connectivity index (χ0n) is 14.4. The van der Waals surface area contributed by atoms with Crippen molar-refractivity contribution < 1.29 is 18.7 Å². The number of fused-ring (bicyclic) bond motifs is 1. The molecule has 1 N–H and O–H groups in total. The lowest BCUT2D eigenvalue weighted by atomic mass is 9.96. The van der Waals surface area contributed by atoms with Gasteiger partial charge in [-0.1, -0.05) is 6.07 Å². The molecule has 0 unspecified atom stereocenters. The zero-order valence-corrected chi connectivity index (χ0v) is 14.4. The number of ether oxygens (including phenoxy) is 2. The van der Waals surface area contributed by atoms with Crippen LogP contribution in [0.15, 0.2) is 27.4 Å². The standard InChI is InChI=1S/C18H21N3O5/c22-16(4-2-12-1-3-14-15(11-12)25-10-9-24-14)21-7-5-13(6-8-21)17-19-20-18(23)26-17/h1,3,11,13H,2,4-10H2,(H,20,23). The predicted octanol–water partition coefficient (Wildman–Crippen LogP) is 1.47. The molecule has 26 heavy (non-hydrogen) atoms. The van der Waals surface area contributed by atoms with Crippen molar-refractivity contribution in [3.05, 3.63) is 40.2 Å². The number of hydrogen-bond donors (Lipinski definition) is 1. The van der Waals surface area contributed by atoms with Crippen LogP contribution in [0.4, 0.5) is 0 Å². The zero-order chi connectivity index (χ0) is 17.9. The van der Waals surface area contributed by atoms with Gasteiger partial charge in [0.05, 0.1) is 0 Å². The summed E-state index contributed by atoms with van der Waals surface area (Å²) in [6, 6.07) is 5.83. The quantitative estimate of drug-likeness (QED) is 0.888. The Balaban J connectivity index is 1.28. The fourth-order valence-corrected chi connectivity index (χ4v) is 3.44. The summed E-state index contributed by atoms with van der Waals surface area (Å²) in [6.45, 7) is 2.44. The highest BCUT2D eigenvalue weighted by Gasteiger charge is 2.26. The van der Waals surface area contributed by atoms with Gasteiger partial charge in [-0.15, -0.1) is 5.10 Å². The normalized spacial score (nSPS) is 17.3. The monoisotopic (exact) mass is 359 g/mol. The highest BCUT2D eigenvalue weighted by Crippen LogP contribution is 2.31. The van der Waals surface area contributed by atoms with Crippen molar-refractivity contribution in [2.45, 2.75) is 31.6 Å². The van der Waals surface area contributed by atoms with Gasteiger partial charge in [-0.05, 0) is 37.0 Å². The highest BCUT2D eigenvalue weighted by molar-refractivity contribution is 5.76. The first kappa shape index (κ1) is 16.7. The minimum atomic E-state index is -0.530. The highest BCUT2D eigenvalue weighted by atomic mass is 16.6. The number of H-pyrrole nitrogens is 1. The molecule has 0 saturated carbocycles. The van der Waals surface area contributed by atoms with Crippen molar-refractivity contribution in [2.75, 3.05) is 26.3 Å². The van der Waals surface area contributed by atoms with Crippen LogP contribution in [0.1, 0.15) is 36.6 Å². The molecule has 8 nitrogen and oxygen atoms in total. The number of aromatic nitrogens is 2. The van der Waals surface area contributed by atoms with Crippen LogP contribution in [-0.4, -0.2) is 47.3 Å².